The van der Waals surface area contributed by atoms with Crippen molar-refractivity contribution in [3.05, 3.63) is 38.9 Å². The fraction of sp³-hybridized carbons (Fsp3) is 0.200. The number of rotatable bonds is 2. The van der Waals surface area contributed by atoms with E-state index in [-0.39, 0.29) is 0 Å². The van der Waals surface area contributed by atoms with Gasteiger partial charge < -0.3 is 4.74 Å². The average molecular weight is 274 g/mol. The highest BCUT2D eigenvalue weighted by molar-refractivity contribution is 5.93. The van der Waals surface area contributed by atoms with Crippen LogP contribution in [0.3, 0.4) is 0 Å². The lowest BCUT2D eigenvalue weighted by atomic mass is 10.0. The normalized spacial score (nSPS) is 10.7. The number of methoxy groups -OCH3 is 1. The SMILES string of the molecule is COC(=O)c1cc(C#N)cc([N+](=O)[O-])c1C(F)(F)F. The van der Waals surface area contributed by atoms with Crippen LogP contribution in [0, 0.1) is 21.4 Å². The molecule has 0 amide bonds. The molecular weight excluding hydrogens is 269 g/mol. The molecule has 0 spiro atoms. The van der Waals surface area contributed by atoms with Crippen LogP contribution in [0.5, 0.6) is 0 Å². The second kappa shape index (κ2) is 4.93. The van der Waals surface area contributed by atoms with E-state index >= 15 is 0 Å². The zero-order valence-corrected chi connectivity index (χ0v) is 9.32. The Morgan fingerprint density at radius 1 is 1.47 bits per heavy atom. The molecule has 0 aliphatic carbocycles. The van der Waals surface area contributed by atoms with Crippen LogP contribution in [0.25, 0.3) is 0 Å². The Balaban J connectivity index is 3.78. The maximum absolute atomic E-state index is 12.8. The van der Waals surface area contributed by atoms with E-state index in [9.17, 15) is 28.1 Å². The third-order valence-electron chi connectivity index (χ3n) is 2.13. The Morgan fingerprint density at radius 2 is 2.05 bits per heavy atom. The van der Waals surface area contributed by atoms with Crippen LogP contribution in [0.4, 0.5) is 18.9 Å². The molecule has 0 fully saturated rings. The first-order valence-corrected chi connectivity index (χ1v) is 4.60. The number of carbonyl (C=O) groups is 1. The highest BCUT2D eigenvalue weighted by Gasteiger charge is 2.43. The molecule has 9 heteroatoms. The summed E-state index contributed by atoms with van der Waals surface area (Å²) in [5, 5.41) is 19.3. The van der Waals surface area contributed by atoms with Gasteiger partial charge >= 0.3 is 12.1 Å². The van der Waals surface area contributed by atoms with Crippen molar-refractivity contribution >= 4 is 11.7 Å². The number of nitro benzene ring substituents is 1. The molecule has 0 aromatic heterocycles. The van der Waals surface area contributed by atoms with Crippen molar-refractivity contribution in [1.82, 2.24) is 0 Å². The third kappa shape index (κ3) is 2.79. The van der Waals surface area contributed by atoms with Crippen LogP contribution in [-0.2, 0) is 10.9 Å². The Bertz CT molecular complexity index is 590. The maximum atomic E-state index is 12.8. The molecule has 1 aromatic rings. The molecule has 0 heterocycles. The van der Waals surface area contributed by atoms with E-state index in [2.05, 4.69) is 4.74 Å². The quantitative estimate of drug-likeness (QED) is 0.468. The highest BCUT2D eigenvalue weighted by Crippen LogP contribution is 2.39. The van der Waals surface area contributed by atoms with Crippen LogP contribution in [0.2, 0.25) is 0 Å². The number of benzene rings is 1. The van der Waals surface area contributed by atoms with Crippen molar-refractivity contribution in [2.75, 3.05) is 7.11 Å². The average Bonchev–Trinajstić information content (AvgIpc) is 2.34. The fourth-order valence-corrected chi connectivity index (χ4v) is 1.40. The molecule has 0 radical (unpaired) electrons. The number of ether oxygens (including phenoxy) is 1. The van der Waals surface area contributed by atoms with Gasteiger partial charge in [-0.3, -0.25) is 10.1 Å². The standard InChI is InChI=1S/C10H5F3N2O4/c1-19-9(16)6-2-5(4-14)3-7(15(17)18)8(6)10(11,12)13/h2-3H,1H3. The summed E-state index contributed by atoms with van der Waals surface area (Å²) in [7, 11) is 0.827. The summed E-state index contributed by atoms with van der Waals surface area (Å²) in [6.07, 6.45) is -5.13. The van der Waals surface area contributed by atoms with Crippen molar-refractivity contribution < 1.29 is 27.6 Å². The number of hydrogen-bond donors (Lipinski definition) is 0. The van der Waals surface area contributed by atoms with Crippen LogP contribution < -0.4 is 0 Å². The van der Waals surface area contributed by atoms with Gasteiger partial charge in [-0.25, -0.2) is 4.79 Å². The van der Waals surface area contributed by atoms with Crippen molar-refractivity contribution in [2.45, 2.75) is 6.18 Å². The molecule has 19 heavy (non-hydrogen) atoms. The number of esters is 1. The number of nitriles is 1. The lowest BCUT2D eigenvalue weighted by molar-refractivity contribution is -0.388. The Kier molecular flexibility index (Phi) is 3.75. The van der Waals surface area contributed by atoms with Crippen LogP contribution in [0.1, 0.15) is 21.5 Å². The topological polar surface area (TPSA) is 93.2 Å². The van der Waals surface area contributed by atoms with E-state index in [0.717, 1.165) is 7.11 Å². The highest BCUT2D eigenvalue weighted by atomic mass is 19.4. The predicted molar refractivity (Wildman–Crippen MR) is 54.2 cm³/mol. The molecule has 6 nitrogen and oxygen atoms in total. The number of alkyl halides is 3. The fourth-order valence-electron chi connectivity index (χ4n) is 1.40. The second-order valence-electron chi connectivity index (χ2n) is 3.28. The van der Waals surface area contributed by atoms with Gasteiger partial charge in [0.2, 0.25) is 0 Å². The first-order chi connectivity index (χ1) is 8.72. The summed E-state index contributed by atoms with van der Waals surface area (Å²) in [6, 6.07) is 2.49. The summed E-state index contributed by atoms with van der Waals surface area (Å²) in [5.41, 5.74) is -4.61. The van der Waals surface area contributed by atoms with Crippen LogP contribution in [-0.4, -0.2) is 18.0 Å². The van der Waals surface area contributed by atoms with Gasteiger partial charge in [0.25, 0.3) is 5.69 Å². The molecule has 0 bridgehead atoms. The molecule has 0 saturated carbocycles. The molecule has 0 saturated heterocycles. The van der Waals surface area contributed by atoms with Gasteiger partial charge in [0.05, 0.1) is 29.2 Å². The van der Waals surface area contributed by atoms with E-state index in [0.29, 0.717) is 12.1 Å². The van der Waals surface area contributed by atoms with E-state index < -0.39 is 39.4 Å². The minimum absolute atomic E-state index is 0.444. The first-order valence-electron chi connectivity index (χ1n) is 4.60. The zero-order valence-electron chi connectivity index (χ0n) is 9.32. The largest absolute Gasteiger partial charge is 0.465 e. The van der Waals surface area contributed by atoms with E-state index in [1.165, 1.54) is 6.07 Å². The van der Waals surface area contributed by atoms with Gasteiger partial charge in [-0.1, -0.05) is 0 Å². The molecule has 0 atom stereocenters. The molecule has 0 unspecified atom stereocenters. The minimum Gasteiger partial charge on any atom is -0.465 e. The van der Waals surface area contributed by atoms with Gasteiger partial charge in [0, 0.05) is 6.07 Å². The predicted octanol–water partition coefficient (Wildman–Crippen LogP) is 2.27. The van der Waals surface area contributed by atoms with Gasteiger partial charge in [0.1, 0.15) is 5.56 Å². The molecule has 0 N–H and O–H groups in total. The molecular formula is C10H5F3N2O4. The van der Waals surface area contributed by atoms with E-state index in [1.54, 1.807) is 0 Å². The van der Waals surface area contributed by atoms with E-state index in [1.807, 2.05) is 0 Å². The summed E-state index contributed by atoms with van der Waals surface area (Å²) >= 11 is 0. The van der Waals surface area contributed by atoms with Gasteiger partial charge in [-0.05, 0) is 6.07 Å². The van der Waals surface area contributed by atoms with Crippen molar-refractivity contribution in [3.8, 4) is 6.07 Å². The Morgan fingerprint density at radius 3 is 2.42 bits per heavy atom. The number of nitro groups is 1. The van der Waals surface area contributed by atoms with Gasteiger partial charge in [-0.2, -0.15) is 18.4 Å². The first kappa shape index (κ1) is 14.4. The second-order valence-corrected chi connectivity index (χ2v) is 3.28. The molecule has 0 aliphatic heterocycles. The summed E-state index contributed by atoms with van der Waals surface area (Å²) in [4.78, 5) is 20.6. The molecule has 1 aromatic carbocycles. The number of nitrogens with zero attached hydrogens (tertiary/aromatic N) is 2. The van der Waals surface area contributed by atoms with Crippen molar-refractivity contribution in [2.24, 2.45) is 0 Å². The van der Waals surface area contributed by atoms with Crippen molar-refractivity contribution in [3.63, 3.8) is 0 Å². The van der Waals surface area contributed by atoms with Crippen molar-refractivity contribution in [1.29, 1.82) is 5.26 Å². The number of carbonyl (C=O) groups excluding carboxylic acids is 1. The zero-order chi connectivity index (χ0) is 14.8. The summed E-state index contributed by atoms with van der Waals surface area (Å²) in [6.45, 7) is 0. The lowest BCUT2D eigenvalue weighted by Crippen LogP contribution is -2.17. The molecule has 100 valence electrons. The van der Waals surface area contributed by atoms with E-state index in [4.69, 9.17) is 5.26 Å². The smallest absolute Gasteiger partial charge is 0.423 e. The lowest BCUT2D eigenvalue weighted by Gasteiger charge is -2.12. The van der Waals surface area contributed by atoms with Gasteiger partial charge in [0.15, 0.2) is 0 Å². The monoisotopic (exact) mass is 274 g/mol. The minimum atomic E-state index is -5.13. The summed E-state index contributed by atoms with van der Waals surface area (Å²) in [5.74, 6) is -1.41. The van der Waals surface area contributed by atoms with Gasteiger partial charge in [-0.15, -0.1) is 0 Å². The third-order valence-corrected chi connectivity index (χ3v) is 2.13. The van der Waals surface area contributed by atoms with Crippen LogP contribution in [0.15, 0.2) is 12.1 Å². The summed E-state index contributed by atoms with van der Waals surface area (Å²) < 4.78 is 42.6. The molecule has 0 aliphatic rings. The Labute approximate surface area is 104 Å². The Hall–Kier alpha value is -2.63. The number of hydrogen-bond acceptors (Lipinski definition) is 5. The maximum Gasteiger partial charge on any atom is 0.423 e. The number of halogens is 3. The molecule has 1 rings (SSSR count). The van der Waals surface area contributed by atoms with Crippen LogP contribution >= 0.6 is 0 Å².